The first-order chi connectivity index (χ1) is 10.1. The quantitative estimate of drug-likeness (QED) is 0.671. The summed E-state index contributed by atoms with van der Waals surface area (Å²) in [6.07, 6.45) is 1.68. The Morgan fingerprint density at radius 1 is 1.38 bits per heavy atom. The van der Waals surface area contributed by atoms with E-state index in [9.17, 15) is 9.90 Å². The van der Waals surface area contributed by atoms with Crippen LogP contribution in [-0.4, -0.2) is 14.8 Å². The molecule has 2 rings (SSSR count). The van der Waals surface area contributed by atoms with Gasteiger partial charge in [0.1, 0.15) is 0 Å². The van der Waals surface area contributed by atoms with Crippen molar-refractivity contribution in [1.29, 1.82) is 0 Å². The molecule has 0 radical (unpaired) electrons. The Labute approximate surface area is 126 Å². The second-order valence-corrected chi connectivity index (χ2v) is 4.98. The van der Waals surface area contributed by atoms with E-state index in [0.717, 1.165) is 12.8 Å². The number of nitrogens with zero attached hydrogens (tertiary/aromatic N) is 3. The first kappa shape index (κ1) is 15.1. The van der Waals surface area contributed by atoms with Gasteiger partial charge in [0.25, 0.3) is 5.56 Å². The van der Waals surface area contributed by atoms with Crippen LogP contribution in [0.5, 0.6) is 5.88 Å². The molecule has 0 aliphatic carbocycles. The van der Waals surface area contributed by atoms with E-state index in [0.29, 0.717) is 17.3 Å². The van der Waals surface area contributed by atoms with E-state index < -0.39 is 5.56 Å². The molecule has 0 amide bonds. The molecule has 0 saturated carbocycles. The fourth-order valence-electron chi connectivity index (χ4n) is 2.09. The van der Waals surface area contributed by atoms with Crippen LogP contribution in [0.1, 0.15) is 19.8 Å². The molecule has 1 aromatic heterocycles. The first-order valence-electron chi connectivity index (χ1n) is 6.62. The number of fused-ring (bicyclic) bond motifs is 1. The molecule has 0 bridgehead atoms. The van der Waals surface area contributed by atoms with Gasteiger partial charge < -0.3 is 10.8 Å². The third-order valence-corrected chi connectivity index (χ3v) is 3.19. The first-order valence-corrected chi connectivity index (χ1v) is 7.02. The van der Waals surface area contributed by atoms with Crippen LogP contribution in [0.3, 0.4) is 0 Å². The van der Waals surface area contributed by atoms with Crippen molar-refractivity contribution in [3.8, 4) is 5.88 Å². The number of aromatic nitrogens is 1. The van der Waals surface area contributed by atoms with Gasteiger partial charge in [-0.2, -0.15) is 0 Å². The maximum atomic E-state index is 12.5. The molecule has 110 valence electrons. The van der Waals surface area contributed by atoms with Crippen LogP contribution in [0.4, 0.5) is 5.69 Å². The van der Waals surface area contributed by atoms with E-state index in [4.69, 9.17) is 5.73 Å². The fraction of sp³-hybridized carbons (Fsp3) is 0.286. The van der Waals surface area contributed by atoms with Crippen molar-refractivity contribution in [3.05, 3.63) is 34.6 Å². The molecular weight excluding hydrogens is 288 g/mol. The topological polar surface area (TPSA) is 93.0 Å². The van der Waals surface area contributed by atoms with Crippen LogP contribution in [0, 0.1) is 0 Å². The number of nitrogens with two attached hydrogens (primary N) is 1. The zero-order valence-electron chi connectivity index (χ0n) is 11.6. The Hall–Kier alpha value is -2.28. The molecule has 2 aromatic rings. The van der Waals surface area contributed by atoms with E-state index in [-0.39, 0.29) is 16.7 Å². The van der Waals surface area contributed by atoms with E-state index in [2.05, 4.69) is 22.4 Å². The highest BCUT2D eigenvalue weighted by atomic mass is 32.1. The lowest BCUT2D eigenvalue weighted by Gasteiger charge is -2.12. The molecule has 1 heterocycles. The Balaban J connectivity index is 2.75. The van der Waals surface area contributed by atoms with Crippen molar-refractivity contribution in [1.82, 2.24) is 4.57 Å². The minimum absolute atomic E-state index is 0.0571. The Bertz CT molecular complexity index is 767. The number of thiocarbonyl (C=S) groups is 1. The van der Waals surface area contributed by atoms with Gasteiger partial charge in [0, 0.05) is 17.3 Å². The van der Waals surface area contributed by atoms with Gasteiger partial charge >= 0.3 is 0 Å². The van der Waals surface area contributed by atoms with Crippen molar-refractivity contribution in [2.45, 2.75) is 26.3 Å². The number of hydrogen-bond donors (Lipinski definition) is 2. The number of azo groups is 1. The van der Waals surface area contributed by atoms with E-state index >= 15 is 0 Å². The zero-order chi connectivity index (χ0) is 15.4. The number of unbranched alkanes of at least 4 members (excludes halogenated alkanes) is 1. The number of aromatic hydroxyl groups is 1. The lowest BCUT2D eigenvalue weighted by Crippen LogP contribution is -2.20. The largest absolute Gasteiger partial charge is 0.494 e. The summed E-state index contributed by atoms with van der Waals surface area (Å²) in [4.78, 5) is 12.5. The van der Waals surface area contributed by atoms with Crippen molar-refractivity contribution < 1.29 is 5.11 Å². The molecule has 0 spiro atoms. The summed E-state index contributed by atoms with van der Waals surface area (Å²) in [6.45, 7) is 2.43. The normalized spacial score (nSPS) is 11.3. The molecular formula is C14H16N4O2S. The molecule has 0 saturated heterocycles. The number of hydrogen-bond acceptors (Lipinski definition) is 4. The van der Waals surface area contributed by atoms with Gasteiger partial charge in [-0.05, 0) is 24.7 Å². The summed E-state index contributed by atoms with van der Waals surface area (Å²) in [7, 11) is 0. The van der Waals surface area contributed by atoms with Gasteiger partial charge in [0.2, 0.25) is 11.0 Å². The van der Waals surface area contributed by atoms with Gasteiger partial charge in [-0.3, -0.25) is 9.36 Å². The monoisotopic (exact) mass is 304 g/mol. The maximum Gasteiger partial charge on any atom is 0.281 e. The summed E-state index contributed by atoms with van der Waals surface area (Å²) in [5, 5.41) is 18.7. The second kappa shape index (κ2) is 6.45. The van der Waals surface area contributed by atoms with Crippen molar-refractivity contribution in [2.24, 2.45) is 16.0 Å². The highest BCUT2D eigenvalue weighted by molar-refractivity contribution is 7.80. The Morgan fingerprint density at radius 3 is 2.67 bits per heavy atom. The summed E-state index contributed by atoms with van der Waals surface area (Å²) < 4.78 is 1.31. The third-order valence-electron chi connectivity index (χ3n) is 3.11. The molecule has 1 aromatic carbocycles. The van der Waals surface area contributed by atoms with Crippen LogP contribution in [0.25, 0.3) is 10.8 Å². The predicted molar refractivity (Wildman–Crippen MR) is 86.1 cm³/mol. The molecule has 6 nitrogen and oxygen atoms in total. The molecule has 0 fully saturated rings. The Morgan fingerprint density at radius 2 is 2.05 bits per heavy atom. The SMILES string of the molecule is CCCCn1c(O)c2ccccc2c(N=NC(N)=S)c1=O. The average Bonchev–Trinajstić information content (AvgIpc) is 2.47. The van der Waals surface area contributed by atoms with E-state index in [1.165, 1.54) is 4.57 Å². The van der Waals surface area contributed by atoms with Crippen molar-refractivity contribution in [2.75, 3.05) is 0 Å². The van der Waals surface area contributed by atoms with Crippen LogP contribution in [0.15, 0.2) is 39.3 Å². The number of benzene rings is 1. The van der Waals surface area contributed by atoms with Gasteiger partial charge in [0.15, 0.2) is 5.69 Å². The van der Waals surface area contributed by atoms with Gasteiger partial charge in [-0.25, -0.2) is 0 Å². The van der Waals surface area contributed by atoms with Crippen molar-refractivity contribution in [3.63, 3.8) is 0 Å². The zero-order valence-corrected chi connectivity index (χ0v) is 12.4. The van der Waals surface area contributed by atoms with Gasteiger partial charge in [-0.1, -0.05) is 31.5 Å². The maximum absolute atomic E-state index is 12.5. The summed E-state index contributed by atoms with van der Waals surface area (Å²) >= 11 is 4.65. The molecule has 0 atom stereocenters. The van der Waals surface area contributed by atoms with E-state index in [1.54, 1.807) is 24.3 Å². The van der Waals surface area contributed by atoms with Crippen LogP contribution in [0.2, 0.25) is 0 Å². The van der Waals surface area contributed by atoms with Crippen LogP contribution < -0.4 is 11.3 Å². The number of pyridine rings is 1. The van der Waals surface area contributed by atoms with Crippen LogP contribution in [-0.2, 0) is 6.54 Å². The molecule has 21 heavy (non-hydrogen) atoms. The number of rotatable bonds is 4. The molecule has 0 aliphatic rings. The second-order valence-electron chi connectivity index (χ2n) is 4.57. The summed E-state index contributed by atoms with van der Waals surface area (Å²) in [5.74, 6) is -0.0571. The minimum atomic E-state index is -0.403. The van der Waals surface area contributed by atoms with Crippen LogP contribution >= 0.6 is 12.2 Å². The van der Waals surface area contributed by atoms with Gasteiger partial charge in [-0.15, -0.1) is 10.2 Å². The minimum Gasteiger partial charge on any atom is -0.494 e. The highest BCUT2D eigenvalue weighted by Crippen LogP contribution is 2.29. The molecule has 0 aliphatic heterocycles. The lowest BCUT2D eigenvalue weighted by atomic mass is 10.1. The Kier molecular flexibility index (Phi) is 4.64. The average molecular weight is 304 g/mol. The summed E-state index contributed by atoms with van der Waals surface area (Å²) in [5.41, 5.74) is 5.02. The van der Waals surface area contributed by atoms with Gasteiger partial charge in [0.05, 0.1) is 0 Å². The standard InChI is InChI=1S/C14H16N4O2S/c1-2-3-8-18-12(19)10-7-5-4-6-9(10)11(13(18)20)16-17-14(15)21/h4-7,19H,2-3,8H2,1H3,(H2,15,21). The van der Waals surface area contributed by atoms with Crippen molar-refractivity contribution >= 4 is 33.8 Å². The lowest BCUT2D eigenvalue weighted by molar-refractivity contribution is 0.409. The smallest absolute Gasteiger partial charge is 0.281 e. The highest BCUT2D eigenvalue weighted by Gasteiger charge is 2.15. The molecule has 0 unspecified atom stereocenters. The molecule has 7 heteroatoms. The van der Waals surface area contributed by atoms with E-state index in [1.807, 2.05) is 6.92 Å². The fourth-order valence-corrected chi connectivity index (χ4v) is 2.13. The third kappa shape index (κ3) is 3.08. The predicted octanol–water partition coefficient (Wildman–Crippen LogP) is 2.83. The summed E-state index contributed by atoms with van der Waals surface area (Å²) in [6, 6.07) is 6.98. The molecule has 3 N–H and O–H groups in total.